The van der Waals surface area contributed by atoms with Crippen LogP contribution < -0.4 is 23.9 Å². The smallest absolute Gasteiger partial charge is 0.264 e. The molecule has 0 radical (unpaired) electrons. The van der Waals surface area contributed by atoms with Crippen LogP contribution in [0.5, 0.6) is 17.2 Å². The Bertz CT molecular complexity index is 1790. The molecule has 0 aromatic heterocycles. The second-order valence-electron chi connectivity index (χ2n) is 9.39. The molecule has 0 aliphatic carbocycles. The molecule has 0 saturated heterocycles. The Hall–Kier alpha value is -3.77. The number of carbonyl (C=O) groups is 1. The number of methoxy groups -OCH3 is 2. The van der Waals surface area contributed by atoms with Gasteiger partial charge in [0.05, 0.1) is 45.5 Å². The number of ether oxygens (including phenoxy) is 3. The summed E-state index contributed by atoms with van der Waals surface area (Å²) in [6.07, 6.45) is 1.40. The molecule has 0 atom stereocenters. The van der Waals surface area contributed by atoms with Gasteiger partial charge in [0, 0.05) is 6.07 Å². The van der Waals surface area contributed by atoms with Crippen molar-refractivity contribution in [3.8, 4) is 17.2 Å². The number of carbonyl (C=O) groups excluding carboxylic acids is 1. The quantitative estimate of drug-likeness (QED) is 0.125. The highest BCUT2D eigenvalue weighted by Gasteiger charge is 2.27. The fraction of sp³-hybridized carbons (Fsp3) is 0.161. The molecule has 0 fully saturated rings. The summed E-state index contributed by atoms with van der Waals surface area (Å²) in [4.78, 5) is 13.0. The third-order valence-electron chi connectivity index (χ3n) is 6.26. The number of anilines is 1. The van der Waals surface area contributed by atoms with E-state index >= 15 is 0 Å². The van der Waals surface area contributed by atoms with Gasteiger partial charge in [-0.25, -0.2) is 13.8 Å². The number of amides is 1. The highest BCUT2D eigenvalue weighted by molar-refractivity contribution is 9.10. The molecule has 0 unspecified atom stereocenters. The van der Waals surface area contributed by atoms with Crippen LogP contribution in [0.3, 0.4) is 0 Å². The van der Waals surface area contributed by atoms with Crippen LogP contribution in [0.1, 0.15) is 16.7 Å². The SMILES string of the molecule is COc1cccc(N(CC(=O)N/N=C\c2cc(Br)c(OCc3ccc(Cl)c(Cl)c3)c(OC)c2)S(=O)(=O)c2ccc(C)cc2)c1. The van der Waals surface area contributed by atoms with Crippen molar-refractivity contribution >= 4 is 67.0 Å². The van der Waals surface area contributed by atoms with E-state index in [1.54, 1.807) is 60.7 Å². The first-order valence-corrected chi connectivity index (χ1v) is 16.0. The van der Waals surface area contributed by atoms with E-state index in [1.807, 2.05) is 6.92 Å². The van der Waals surface area contributed by atoms with Gasteiger partial charge in [-0.1, -0.05) is 53.0 Å². The molecule has 9 nitrogen and oxygen atoms in total. The van der Waals surface area contributed by atoms with Crippen LogP contribution in [0.2, 0.25) is 10.0 Å². The van der Waals surface area contributed by atoms with E-state index in [2.05, 4.69) is 26.5 Å². The Morgan fingerprint density at radius 1 is 0.977 bits per heavy atom. The molecular formula is C31H28BrCl2N3O6S. The molecule has 13 heteroatoms. The minimum atomic E-state index is -4.10. The number of sulfonamides is 1. The molecule has 4 rings (SSSR count). The lowest BCUT2D eigenvalue weighted by atomic mass is 10.2. The summed E-state index contributed by atoms with van der Waals surface area (Å²) in [5.41, 5.74) is 4.95. The van der Waals surface area contributed by atoms with Gasteiger partial charge in [-0.15, -0.1) is 0 Å². The molecule has 0 heterocycles. The lowest BCUT2D eigenvalue weighted by Gasteiger charge is -2.24. The fourth-order valence-corrected chi connectivity index (χ4v) is 6.31. The monoisotopic (exact) mass is 719 g/mol. The van der Waals surface area contributed by atoms with Gasteiger partial charge >= 0.3 is 0 Å². The number of hydrogen-bond donors (Lipinski definition) is 1. The lowest BCUT2D eigenvalue weighted by Crippen LogP contribution is -2.39. The summed E-state index contributed by atoms with van der Waals surface area (Å²) in [5.74, 6) is 0.650. The first-order valence-electron chi connectivity index (χ1n) is 13.0. The maximum absolute atomic E-state index is 13.6. The van der Waals surface area contributed by atoms with Gasteiger partial charge in [0.2, 0.25) is 0 Å². The minimum absolute atomic E-state index is 0.0423. The van der Waals surface area contributed by atoms with E-state index in [-0.39, 0.29) is 17.2 Å². The molecule has 230 valence electrons. The molecule has 0 bridgehead atoms. The Balaban J connectivity index is 1.50. The zero-order valence-electron chi connectivity index (χ0n) is 23.9. The van der Waals surface area contributed by atoms with Crippen LogP contribution in [-0.2, 0) is 21.4 Å². The third-order valence-corrected chi connectivity index (χ3v) is 9.38. The molecule has 4 aromatic rings. The maximum Gasteiger partial charge on any atom is 0.264 e. The summed E-state index contributed by atoms with van der Waals surface area (Å²) in [6.45, 7) is 1.54. The largest absolute Gasteiger partial charge is 0.497 e. The van der Waals surface area contributed by atoms with Crippen molar-refractivity contribution in [2.75, 3.05) is 25.1 Å². The Kier molecular flexibility index (Phi) is 11.1. The molecule has 4 aromatic carbocycles. The minimum Gasteiger partial charge on any atom is -0.497 e. The predicted molar refractivity (Wildman–Crippen MR) is 176 cm³/mol. The van der Waals surface area contributed by atoms with Gasteiger partial charge in [0.15, 0.2) is 11.5 Å². The molecule has 44 heavy (non-hydrogen) atoms. The van der Waals surface area contributed by atoms with Crippen LogP contribution in [0, 0.1) is 6.92 Å². The molecular weight excluding hydrogens is 693 g/mol. The third kappa shape index (κ3) is 8.23. The molecule has 0 aliphatic heterocycles. The summed E-state index contributed by atoms with van der Waals surface area (Å²) < 4.78 is 45.5. The number of hydrogen-bond acceptors (Lipinski definition) is 7. The lowest BCUT2D eigenvalue weighted by molar-refractivity contribution is -0.119. The number of halogens is 3. The molecule has 0 aliphatic rings. The number of aryl methyl sites for hydroxylation is 1. The second kappa shape index (κ2) is 14.8. The van der Waals surface area contributed by atoms with E-state index in [4.69, 9.17) is 37.4 Å². The van der Waals surface area contributed by atoms with Crippen LogP contribution in [-0.4, -0.2) is 41.3 Å². The zero-order valence-corrected chi connectivity index (χ0v) is 27.8. The van der Waals surface area contributed by atoms with E-state index in [0.29, 0.717) is 37.3 Å². The maximum atomic E-state index is 13.6. The Morgan fingerprint density at radius 2 is 1.73 bits per heavy atom. The molecule has 1 N–H and O–H groups in total. The van der Waals surface area contributed by atoms with Crippen molar-refractivity contribution in [3.05, 3.63) is 110 Å². The van der Waals surface area contributed by atoms with E-state index in [9.17, 15) is 13.2 Å². The topological polar surface area (TPSA) is 107 Å². The van der Waals surface area contributed by atoms with Crippen LogP contribution in [0.4, 0.5) is 5.69 Å². The first-order chi connectivity index (χ1) is 21.0. The summed E-state index contributed by atoms with van der Waals surface area (Å²) in [7, 11) is -1.13. The van der Waals surface area contributed by atoms with Crippen LogP contribution >= 0.6 is 39.1 Å². The molecule has 0 saturated carbocycles. The standard InChI is InChI=1S/C31H28BrCl2N3O6S/c1-20-7-10-25(11-8-20)44(39,40)37(23-5-4-6-24(16-23)41-2)18-30(38)36-35-17-22-13-26(32)31(29(15-22)42-3)43-19-21-9-12-27(33)28(34)14-21/h4-17H,18-19H2,1-3H3,(H,36,38)/b35-17-. The highest BCUT2D eigenvalue weighted by atomic mass is 79.9. The summed E-state index contributed by atoms with van der Waals surface area (Å²) >= 11 is 15.6. The molecule has 0 spiro atoms. The molecule has 1 amide bonds. The van der Waals surface area contributed by atoms with Crippen LogP contribution in [0.15, 0.2) is 93.3 Å². The van der Waals surface area contributed by atoms with Crippen molar-refractivity contribution in [3.63, 3.8) is 0 Å². The summed E-state index contributed by atoms with van der Waals surface area (Å²) in [6, 6.07) is 21.4. The van der Waals surface area contributed by atoms with Crippen molar-refractivity contribution in [1.82, 2.24) is 5.43 Å². The van der Waals surface area contributed by atoms with Gasteiger partial charge in [-0.05, 0) is 82.5 Å². The summed E-state index contributed by atoms with van der Waals surface area (Å²) in [5, 5.41) is 4.90. The number of rotatable bonds is 12. The zero-order chi connectivity index (χ0) is 31.9. The van der Waals surface area contributed by atoms with Gasteiger partial charge in [-0.3, -0.25) is 9.10 Å². The number of nitrogens with one attached hydrogen (secondary N) is 1. The van der Waals surface area contributed by atoms with E-state index in [1.165, 1.54) is 38.6 Å². The van der Waals surface area contributed by atoms with E-state index in [0.717, 1.165) is 15.4 Å². The number of hydrazone groups is 1. The van der Waals surface area contributed by atoms with Gasteiger partial charge in [0.1, 0.15) is 18.9 Å². The first kappa shape index (κ1) is 33.1. The van der Waals surface area contributed by atoms with Gasteiger partial charge in [0.25, 0.3) is 15.9 Å². The van der Waals surface area contributed by atoms with Gasteiger partial charge in [-0.2, -0.15) is 5.10 Å². The average Bonchev–Trinajstić information content (AvgIpc) is 3.01. The normalized spacial score (nSPS) is 11.3. The van der Waals surface area contributed by atoms with Crippen molar-refractivity contribution < 1.29 is 27.4 Å². The highest BCUT2D eigenvalue weighted by Crippen LogP contribution is 2.37. The van der Waals surface area contributed by atoms with Gasteiger partial charge < -0.3 is 14.2 Å². The predicted octanol–water partition coefficient (Wildman–Crippen LogP) is 7.01. The van der Waals surface area contributed by atoms with Crippen molar-refractivity contribution in [2.24, 2.45) is 5.10 Å². The van der Waals surface area contributed by atoms with Crippen LogP contribution in [0.25, 0.3) is 0 Å². The average molecular weight is 721 g/mol. The van der Waals surface area contributed by atoms with E-state index < -0.39 is 22.5 Å². The second-order valence-corrected chi connectivity index (χ2v) is 12.9. The number of benzene rings is 4. The fourth-order valence-electron chi connectivity index (χ4n) is 4.00. The Labute approximate surface area is 274 Å². The van der Waals surface area contributed by atoms with Crippen molar-refractivity contribution in [2.45, 2.75) is 18.4 Å². The van der Waals surface area contributed by atoms with Crippen molar-refractivity contribution in [1.29, 1.82) is 0 Å². The Morgan fingerprint density at radius 3 is 2.41 bits per heavy atom. The number of nitrogens with zero attached hydrogens (tertiary/aromatic N) is 2.